The average molecular weight is 227 g/mol. The van der Waals surface area contributed by atoms with E-state index in [0.717, 1.165) is 12.8 Å². The van der Waals surface area contributed by atoms with Gasteiger partial charge in [-0.3, -0.25) is 9.59 Å². The van der Waals surface area contributed by atoms with Crippen LogP contribution in [0.15, 0.2) is 0 Å². The lowest BCUT2D eigenvalue weighted by Crippen LogP contribution is -2.25. The molecule has 0 aromatic heterocycles. The van der Waals surface area contributed by atoms with Gasteiger partial charge in [-0.1, -0.05) is 27.7 Å². The van der Waals surface area contributed by atoms with Gasteiger partial charge in [-0.25, -0.2) is 0 Å². The van der Waals surface area contributed by atoms with Crippen molar-refractivity contribution in [1.29, 1.82) is 0 Å². The molecule has 0 bridgehead atoms. The molecular formula is C13H25NO2. The molecule has 0 aliphatic heterocycles. The van der Waals surface area contributed by atoms with Gasteiger partial charge in [-0.2, -0.15) is 0 Å². The summed E-state index contributed by atoms with van der Waals surface area (Å²) in [5.41, 5.74) is 0. The van der Waals surface area contributed by atoms with Gasteiger partial charge in [0.1, 0.15) is 5.78 Å². The molecule has 94 valence electrons. The molecule has 1 amide bonds. The molecule has 0 unspecified atom stereocenters. The molecule has 0 aliphatic carbocycles. The van der Waals surface area contributed by atoms with Crippen LogP contribution < -0.4 is 5.32 Å². The number of carbonyl (C=O) groups excluding carboxylic acids is 2. The zero-order chi connectivity index (χ0) is 12.6. The summed E-state index contributed by atoms with van der Waals surface area (Å²) in [5, 5.41) is 2.84. The third-order valence-electron chi connectivity index (χ3n) is 2.51. The van der Waals surface area contributed by atoms with Crippen molar-refractivity contribution in [3.8, 4) is 0 Å². The van der Waals surface area contributed by atoms with Crippen LogP contribution in [0.1, 0.15) is 53.4 Å². The second-order valence-corrected chi connectivity index (χ2v) is 5.01. The summed E-state index contributed by atoms with van der Waals surface area (Å²) in [4.78, 5) is 22.6. The molecule has 0 saturated heterocycles. The van der Waals surface area contributed by atoms with Gasteiger partial charge in [0, 0.05) is 25.3 Å². The van der Waals surface area contributed by atoms with Gasteiger partial charge in [0.05, 0.1) is 0 Å². The number of ketones is 1. The van der Waals surface area contributed by atoms with Crippen LogP contribution in [0.5, 0.6) is 0 Å². The molecule has 0 aromatic rings. The average Bonchev–Trinajstić information content (AvgIpc) is 2.20. The van der Waals surface area contributed by atoms with E-state index < -0.39 is 0 Å². The Morgan fingerprint density at radius 2 is 1.69 bits per heavy atom. The first-order chi connectivity index (χ1) is 7.43. The number of amides is 1. The maximum atomic E-state index is 11.3. The van der Waals surface area contributed by atoms with Crippen LogP contribution >= 0.6 is 0 Å². The Balaban J connectivity index is 3.45. The van der Waals surface area contributed by atoms with Gasteiger partial charge in [0.25, 0.3) is 0 Å². The van der Waals surface area contributed by atoms with Crippen LogP contribution in [0.2, 0.25) is 0 Å². The summed E-state index contributed by atoms with van der Waals surface area (Å²) in [6.07, 6.45) is 2.85. The van der Waals surface area contributed by atoms with E-state index in [1.165, 1.54) is 0 Å². The summed E-state index contributed by atoms with van der Waals surface area (Å²) >= 11 is 0. The monoisotopic (exact) mass is 227 g/mol. The first-order valence-corrected chi connectivity index (χ1v) is 6.23. The maximum absolute atomic E-state index is 11.3. The Morgan fingerprint density at radius 3 is 2.19 bits per heavy atom. The second-order valence-electron chi connectivity index (χ2n) is 5.01. The minimum absolute atomic E-state index is 0.102. The van der Waals surface area contributed by atoms with Crippen molar-refractivity contribution in [3.05, 3.63) is 0 Å². The normalized spacial score (nSPS) is 10.9. The predicted octanol–water partition coefficient (Wildman–Crippen LogP) is 2.54. The highest BCUT2D eigenvalue weighted by Crippen LogP contribution is 2.03. The van der Waals surface area contributed by atoms with E-state index in [1.807, 2.05) is 13.8 Å². The molecule has 0 saturated carbocycles. The minimum atomic E-state index is 0.102. The summed E-state index contributed by atoms with van der Waals surface area (Å²) in [5.74, 6) is 1.05. The lowest BCUT2D eigenvalue weighted by Gasteiger charge is -2.07. The lowest BCUT2D eigenvalue weighted by molar-refractivity contribution is -0.123. The van der Waals surface area contributed by atoms with Crippen molar-refractivity contribution in [3.63, 3.8) is 0 Å². The molecule has 0 aliphatic rings. The molecule has 16 heavy (non-hydrogen) atoms. The second kappa shape index (κ2) is 8.31. The van der Waals surface area contributed by atoms with E-state index in [-0.39, 0.29) is 17.6 Å². The topological polar surface area (TPSA) is 46.2 Å². The van der Waals surface area contributed by atoms with E-state index in [2.05, 4.69) is 19.2 Å². The van der Waals surface area contributed by atoms with Crippen molar-refractivity contribution in [2.75, 3.05) is 6.54 Å². The Morgan fingerprint density at radius 1 is 1.06 bits per heavy atom. The quantitative estimate of drug-likeness (QED) is 0.648. The van der Waals surface area contributed by atoms with Crippen molar-refractivity contribution in [1.82, 2.24) is 5.32 Å². The van der Waals surface area contributed by atoms with Gasteiger partial charge in [-0.05, 0) is 18.8 Å². The number of hydrogen-bond acceptors (Lipinski definition) is 2. The standard InChI is InChI=1S/C13H25NO2/c1-10(2)7-8-13(16)14-9-5-6-12(15)11(3)4/h10-11H,5-9H2,1-4H3,(H,14,16). The zero-order valence-electron chi connectivity index (χ0n) is 11.0. The fraction of sp³-hybridized carbons (Fsp3) is 0.846. The van der Waals surface area contributed by atoms with Gasteiger partial charge in [0.2, 0.25) is 5.91 Å². The third kappa shape index (κ3) is 8.45. The van der Waals surface area contributed by atoms with Crippen molar-refractivity contribution in [2.24, 2.45) is 11.8 Å². The highest BCUT2D eigenvalue weighted by atomic mass is 16.1. The van der Waals surface area contributed by atoms with Crippen LogP contribution in [0, 0.1) is 11.8 Å². The SMILES string of the molecule is CC(C)CCC(=O)NCCCC(=O)C(C)C. The van der Waals surface area contributed by atoms with E-state index in [1.54, 1.807) is 0 Å². The summed E-state index contributed by atoms with van der Waals surface area (Å²) in [7, 11) is 0. The first kappa shape index (κ1) is 15.1. The van der Waals surface area contributed by atoms with E-state index in [0.29, 0.717) is 25.3 Å². The van der Waals surface area contributed by atoms with Gasteiger partial charge in [-0.15, -0.1) is 0 Å². The molecule has 0 fully saturated rings. The fourth-order valence-electron chi connectivity index (χ4n) is 1.29. The van der Waals surface area contributed by atoms with Crippen LogP contribution in [0.4, 0.5) is 0 Å². The van der Waals surface area contributed by atoms with Crippen molar-refractivity contribution in [2.45, 2.75) is 53.4 Å². The molecule has 0 radical (unpaired) electrons. The Labute approximate surface area is 99.0 Å². The largest absolute Gasteiger partial charge is 0.356 e. The zero-order valence-corrected chi connectivity index (χ0v) is 11.0. The number of nitrogens with one attached hydrogen (secondary N) is 1. The molecule has 3 nitrogen and oxygen atoms in total. The summed E-state index contributed by atoms with van der Waals surface area (Å²) in [6.45, 7) is 8.64. The Kier molecular flexibility index (Phi) is 7.86. The predicted molar refractivity (Wildman–Crippen MR) is 66.2 cm³/mol. The molecule has 0 spiro atoms. The molecular weight excluding hydrogens is 202 g/mol. The van der Waals surface area contributed by atoms with Crippen LogP contribution in [-0.4, -0.2) is 18.2 Å². The third-order valence-corrected chi connectivity index (χ3v) is 2.51. The molecule has 0 atom stereocenters. The van der Waals surface area contributed by atoms with Crippen molar-refractivity contribution >= 4 is 11.7 Å². The number of Topliss-reactive ketones (excluding diaryl/α,β-unsaturated/α-hetero) is 1. The first-order valence-electron chi connectivity index (χ1n) is 6.23. The number of rotatable bonds is 8. The van der Waals surface area contributed by atoms with Crippen LogP contribution in [-0.2, 0) is 9.59 Å². The van der Waals surface area contributed by atoms with E-state index >= 15 is 0 Å². The summed E-state index contributed by atoms with van der Waals surface area (Å²) in [6, 6.07) is 0. The highest BCUT2D eigenvalue weighted by molar-refractivity contribution is 5.80. The molecule has 0 heterocycles. The summed E-state index contributed by atoms with van der Waals surface area (Å²) < 4.78 is 0. The fourth-order valence-corrected chi connectivity index (χ4v) is 1.29. The minimum Gasteiger partial charge on any atom is -0.356 e. The van der Waals surface area contributed by atoms with Gasteiger partial charge in [0.15, 0.2) is 0 Å². The Bertz CT molecular complexity index is 222. The van der Waals surface area contributed by atoms with Gasteiger partial charge >= 0.3 is 0 Å². The van der Waals surface area contributed by atoms with Crippen LogP contribution in [0.25, 0.3) is 0 Å². The van der Waals surface area contributed by atoms with E-state index in [4.69, 9.17) is 0 Å². The Hall–Kier alpha value is -0.860. The molecule has 1 N–H and O–H groups in total. The number of carbonyl (C=O) groups is 2. The smallest absolute Gasteiger partial charge is 0.220 e. The van der Waals surface area contributed by atoms with Crippen molar-refractivity contribution < 1.29 is 9.59 Å². The number of hydrogen-bond donors (Lipinski definition) is 1. The van der Waals surface area contributed by atoms with Crippen LogP contribution in [0.3, 0.4) is 0 Å². The van der Waals surface area contributed by atoms with Gasteiger partial charge < -0.3 is 5.32 Å². The lowest BCUT2D eigenvalue weighted by atomic mass is 10.0. The van der Waals surface area contributed by atoms with E-state index in [9.17, 15) is 9.59 Å². The molecule has 0 rings (SSSR count). The highest BCUT2D eigenvalue weighted by Gasteiger charge is 2.07. The maximum Gasteiger partial charge on any atom is 0.220 e. The molecule has 0 aromatic carbocycles. The molecule has 3 heteroatoms.